The summed E-state index contributed by atoms with van der Waals surface area (Å²) in [6.07, 6.45) is 0. The molecule has 1 N–H and O–H groups in total. The SMILES string of the molecule is COc1ccc(Cl)cc1NC(=O)CSc1nnc(COc2ccc(F)c(Cl)c2)n1C. The molecule has 0 aliphatic heterocycles. The molecule has 0 fully saturated rings. The minimum atomic E-state index is -0.518. The first-order chi connectivity index (χ1) is 14.4. The van der Waals surface area contributed by atoms with Crippen LogP contribution in [-0.2, 0) is 18.4 Å². The fourth-order valence-electron chi connectivity index (χ4n) is 2.41. The lowest BCUT2D eigenvalue weighted by molar-refractivity contribution is -0.113. The lowest BCUT2D eigenvalue weighted by Gasteiger charge is -2.10. The normalized spacial score (nSPS) is 10.7. The molecule has 158 valence electrons. The Morgan fingerprint density at radius 2 is 2.03 bits per heavy atom. The van der Waals surface area contributed by atoms with E-state index >= 15 is 0 Å². The van der Waals surface area contributed by atoms with Crippen LogP contribution in [0.5, 0.6) is 11.5 Å². The molecular formula is C19H17Cl2FN4O3S. The number of ether oxygens (including phenoxy) is 2. The molecule has 7 nitrogen and oxygen atoms in total. The molecule has 3 rings (SSSR count). The molecule has 0 aliphatic rings. The predicted molar refractivity (Wildman–Crippen MR) is 114 cm³/mol. The molecule has 1 heterocycles. The Morgan fingerprint density at radius 1 is 1.23 bits per heavy atom. The van der Waals surface area contributed by atoms with E-state index in [0.717, 1.165) is 0 Å². The van der Waals surface area contributed by atoms with Crippen LogP contribution in [0.15, 0.2) is 41.6 Å². The first-order valence-corrected chi connectivity index (χ1v) is 10.3. The summed E-state index contributed by atoms with van der Waals surface area (Å²) in [6.45, 7) is 0.109. The number of benzene rings is 2. The fraction of sp³-hybridized carbons (Fsp3) is 0.211. The molecule has 2 aromatic carbocycles. The largest absolute Gasteiger partial charge is 0.495 e. The zero-order valence-corrected chi connectivity index (χ0v) is 18.3. The van der Waals surface area contributed by atoms with E-state index in [4.69, 9.17) is 32.7 Å². The molecule has 11 heteroatoms. The van der Waals surface area contributed by atoms with Crippen LogP contribution in [0.3, 0.4) is 0 Å². The van der Waals surface area contributed by atoms with Crippen molar-refractivity contribution in [2.45, 2.75) is 11.8 Å². The highest BCUT2D eigenvalue weighted by Crippen LogP contribution is 2.28. The molecule has 0 atom stereocenters. The number of hydrogen-bond acceptors (Lipinski definition) is 6. The zero-order chi connectivity index (χ0) is 21.7. The van der Waals surface area contributed by atoms with Gasteiger partial charge in [0.15, 0.2) is 11.0 Å². The van der Waals surface area contributed by atoms with E-state index in [1.54, 1.807) is 29.8 Å². The van der Waals surface area contributed by atoms with Crippen molar-refractivity contribution in [2.75, 3.05) is 18.2 Å². The van der Waals surface area contributed by atoms with E-state index in [1.807, 2.05) is 0 Å². The van der Waals surface area contributed by atoms with Gasteiger partial charge in [-0.3, -0.25) is 4.79 Å². The number of methoxy groups -OCH3 is 1. The number of thioether (sulfide) groups is 1. The smallest absolute Gasteiger partial charge is 0.234 e. The van der Waals surface area contributed by atoms with E-state index in [9.17, 15) is 9.18 Å². The molecule has 0 saturated heterocycles. The number of halogens is 3. The van der Waals surface area contributed by atoms with Gasteiger partial charge in [-0.25, -0.2) is 4.39 Å². The molecule has 0 spiro atoms. The first kappa shape index (κ1) is 22.2. The van der Waals surface area contributed by atoms with E-state index < -0.39 is 5.82 Å². The summed E-state index contributed by atoms with van der Waals surface area (Å²) in [5.41, 5.74) is 0.487. The topological polar surface area (TPSA) is 78.3 Å². The van der Waals surface area contributed by atoms with Gasteiger partial charge in [0, 0.05) is 18.1 Å². The van der Waals surface area contributed by atoms with Gasteiger partial charge in [0.2, 0.25) is 5.91 Å². The second-order valence-corrected chi connectivity index (χ2v) is 7.79. The summed E-state index contributed by atoms with van der Waals surface area (Å²) in [5.74, 6) is 0.799. The van der Waals surface area contributed by atoms with Crippen LogP contribution < -0.4 is 14.8 Å². The first-order valence-electron chi connectivity index (χ1n) is 8.59. The number of nitrogens with zero attached hydrogens (tertiary/aromatic N) is 3. The Balaban J connectivity index is 1.56. The number of hydrogen-bond donors (Lipinski definition) is 1. The molecular weight excluding hydrogens is 454 g/mol. The predicted octanol–water partition coefficient (Wildman–Crippen LogP) is 4.58. The highest BCUT2D eigenvalue weighted by Gasteiger charge is 2.14. The quantitative estimate of drug-likeness (QED) is 0.485. The van der Waals surface area contributed by atoms with E-state index in [-0.39, 0.29) is 23.3 Å². The van der Waals surface area contributed by atoms with E-state index in [1.165, 1.54) is 37.1 Å². The van der Waals surface area contributed by atoms with Gasteiger partial charge in [-0.1, -0.05) is 35.0 Å². The van der Waals surface area contributed by atoms with Crippen LogP contribution in [0.25, 0.3) is 0 Å². The van der Waals surface area contributed by atoms with Crippen molar-refractivity contribution in [1.82, 2.24) is 14.8 Å². The second kappa shape index (κ2) is 10.0. The van der Waals surface area contributed by atoms with Gasteiger partial charge in [-0.2, -0.15) is 0 Å². The third kappa shape index (κ3) is 5.56. The maximum Gasteiger partial charge on any atom is 0.234 e. The summed E-state index contributed by atoms with van der Waals surface area (Å²) in [5, 5.41) is 11.9. The van der Waals surface area contributed by atoms with Crippen molar-refractivity contribution in [1.29, 1.82) is 0 Å². The van der Waals surface area contributed by atoms with Gasteiger partial charge in [0.05, 0.1) is 23.6 Å². The fourth-order valence-corrected chi connectivity index (χ4v) is 3.48. The van der Waals surface area contributed by atoms with Gasteiger partial charge in [0.1, 0.15) is 23.9 Å². The average molecular weight is 471 g/mol. The zero-order valence-electron chi connectivity index (χ0n) is 16.0. The standard InChI is InChI=1S/C19H17Cl2FN4O3S/c1-26-17(9-29-12-4-5-14(22)13(21)8-12)24-25-19(26)30-10-18(27)23-15-7-11(20)3-6-16(15)28-2/h3-8H,9-10H2,1-2H3,(H,23,27). The molecule has 1 amide bonds. The maximum absolute atomic E-state index is 13.2. The highest BCUT2D eigenvalue weighted by molar-refractivity contribution is 7.99. The minimum absolute atomic E-state index is 0.0240. The average Bonchev–Trinajstić information content (AvgIpc) is 3.07. The molecule has 0 unspecified atom stereocenters. The van der Waals surface area contributed by atoms with Crippen LogP contribution in [-0.4, -0.2) is 33.5 Å². The third-order valence-electron chi connectivity index (χ3n) is 3.95. The highest BCUT2D eigenvalue weighted by atomic mass is 35.5. The molecule has 0 radical (unpaired) electrons. The Bertz CT molecular complexity index is 1060. The Hall–Kier alpha value is -2.49. The summed E-state index contributed by atoms with van der Waals surface area (Å²) < 4.78 is 25.7. The molecule has 1 aromatic heterocycles. The van der Waals surface area contributed by atoms with Gasteiger partial charge in [0.25, 0.3) is 0 Å². The number of anilines is 1. The van der Waals surface area contributed by atoms with Crippen LogP contribution in [0.1, 0.15) is 5.82 Å². The van der Waals surface area contributed by atoms with Crippen molar-refractivity contribution >= 4 is 46.6 Å². The number of amides is 1. The number of rotatable bonds is 8. The summed E-state index contributed by atoms with van der Waals surface area (Å²) in [7, 11) is 3.27. The molecule has 3 aromatic rings. The molecule has 0 bridgehead atoms. The van der Waals surface area contributed by atoms with Crippen LogP contribution in [0.2, 0.25) is 10.0 Å². The van der Waals surface area contributed by atoms with E-state index in [2.05, 4.69) is 15.5 Å². The lowest BCUT2D eigenvalue weighted by atomic mass is 10.3. The number of nitrogens with one attached hydrogen (secondary N) is 1. The van der Waals surface area contributed by atoms with Gasteiger partial charge < -0.3 is 19.4 Å². The van der Waals surface area contributed by atoms with E-state index in [0.29, 0.717) is 33.2 Å². The van der Waals surface area contributed by atoms with Crippen LogP contribution in [0.4, 0.5) is 10.1 Å². The Morgan fingerprint density at radius 3 is 2.77 bits per heavy atom. The van der Waals surface area contributed by atoms with Crippen LogP contribution >= 0.6 is 35.0 Å². The summed E-state index contributed by atoms with van der Waals surface area (Å²) in [6, 6.07) is 9.05. The number of carbonyl (C=O) groups excluding carboxylic acids is 1. The molecule has 0 aliphatic carbocycles. The van der Waals surface area contributed by atoms with Crippen molar-refractivity contribution in [3.05, 3.63) is 58.1 Å². The van der Waals surface area contributed by atoms with Crippen molar-refractivity contribution in [2.24, 2.45) is 7.05 Å². The van der Waals surface area contributed by atoms with Gasteiger partial charge in [-0.05, 0) is 30.3 Å². The number of aromatic nitrogens is 3. The second-order valence-electron chi connectivity index (χ2n) is 6.00. The third-order valence-corrected chi connectivity index (χ3v) is 5.50. The molecule has 0 saturated carbocycles. The Kier molecular flexibility index (Phi) is 7.41. The lowest BCUT2D eigenvalue weighted by Crippen LogP contribution is -2.15. The Labute approximate surface area is 186 Å². The van der Waals surface area contributed by atoms with Crippen LogP contribution in [0, 0.1) is 5.82 Å². The summed E-state index contributed by atoms with van der Waals surface area (Å²) >= 11 is 12.9. The summed E-state index contributed by atoms with van der Waals surface area (Å²) in [4.78, 5) is 12.3. The van der Waals surface area contributed by atoms with Gasteiger partial charge >= 0.3 is 0 Å². The van der Waals surface area contributed by atoms with Crippen molar-refractivity contribution < 1.29 is 18.7 Å². The van der Waals surface area contributed by atoms with Gasteiger partial charge in [-0.15, -0.1) is 10.2 Å². The monoisotopic (exact) mass is 470 g/mol. The maximum atomic E-state index is 13.2. The number of carbonyl (C=O) groups is 1. The minimum Gasteiger partial charge on any atom is -0.495 e. The van der Waals surface area contributed by atoms with Crippen molar-refractivity contribution in [3.63, 3.8) is 0 Å². The molecule has 30 heavy (non-hydrogen) atoms. The van der Waals surface area contributed by atoms with Crippen molar-refractivity contribution in [3.8, 4) is 11.5 Å².